The molecular formula is C12H16N2OS+. The lowest BCUT2D eigenvalue weighted by molar-refractivity contribution is 0.0852. The van der Waals surface area contributed by atoms with E-state index in [1.54, 1.807) is 6.20 Å². The third kappa shape index (κ3) is 1.92. The fourth-order valence-corrected chi connectivity index (χ4v) is 3.55. The van der Waals surface area contributed by atoms with E-state index in [4.69, 9.17) is 0 Å². The largest absolute Gasteiger partial charge is 0.291 e. The minimum absolute atomic E-state index is 0.229. The van der Waals surface area contributed by atoms with Crippen LogP contribution < -0.4 is 4.90 Å². The van der Waals surface area contributed by atoms with Gasteiger partial charge in [0.15, 0.2) is 10.8 Å². The molecular weight excluding hydrogens is 220 g/mol. The zero-order chi connectivity index (χ0) is 11.0. The maximum Gasteiger partial charge on any atom is 0.197 e. The Morgan fingerprint density at radius 3 is 2.88 bits per heavy atom. The maximum absolute atomic E-state index is 12.0. The van der Waals surface area contributed by atoms with E-state index in [1.807, 2.05) is 5.38 Å². The lowest BCUT2D eigenvalue weighted by Gasteiger charge is -2.36. The Morgan fingerprint density at radius 2 is 2.31 bits per heavy atom. The first kappa shape index (κ1) is 10.4. The number of carbonyl (C=O) groups excluding carboxylic acids is 1. The van der Waals surface area contributed by atoms with Crippen molar-refractivity contribution < 1.29 is 4.79 Å². The Kier molecular flexibility index (Phi) is 2.77. The molecule has 0 N–H and O–H groups in total. The van der Waals surface area contributed by atoms with Gasteiger partial charge in [-0.15, -0.1) is 11.3 Å². The first-order chi connectivity index (χ1) is 7.83. The second kappa shape index (κ2) is 4.26. The van der Waals surface area contributed by atoms with Gasteiger partial charge in [0.05, 0.1) is 6.42 Å². The minimum Gasteiger partial charge on any atom is -0.291 e. The monoisotopic (exact) mass is 236 g/mol. The van der Waals surface area contributed by atoms with Crippen molar-refractivity contribution in [3.8, 4) is 0 Å². The maximum atomic E-state index is 12.0. The van der Waals surface area contributed by atoms with Crippen molar-refractivity contribution in [2.24, 2.45) is 5.92 Å². The van der Waals surface area contributed by atoms with Crippen molar-refractivity contribution in [2.45, 2.75) is 31.7 Å². The van der Waals surface area contributed by atoms with Gasteiger partial charge in [0, 0.05) is 30.8 Å². The highest BCUT2D eigenvalue weighted by Gasteiger charge is 2.42. The number of ketones is 1. The summed E-state index contributed by atoms with van der Waals surface area (Å²) in [6.07, 6.45) is 6.27. The highest BCUT2D eigenvalue weighted by Crippen LogP contribution is 2.32. The Balaban J connectivity index is 1.65. The predicted octanol–water partition coefficient (Wildman–Crippen LogP) is 2.04. The van der Waals surface area contributed by atoms with Crippen molar-refractivity contribution in [2.75, 3.05) is 13.1 Å². The summed E-state index contributed by atoms with van der Waals surface area (Å²) in [4.78, 5) is 18.6. The van der Waals surface area contributed by atoms with Crippen LogP contribution in [-0.2, 0) is 0 Å². The third-order valence-corrected chi connectivity index (χ3v) is 4.68. The standard InChI is InChI=1S/C12H16N2OS/c15-11(12-13-3-6-16-12)8-10-7-9-1-4-14(10)5-2-9/h3,6,9-10H,1-2,4-5,7-8H2/q+1. The van der Waals surface area contributed by atoms with Gasteiger partial charge < -0.3 is 0 Å². The number of hydrogen-bond donors (Lipinski definition) is 0. The molecule has 0 spiro atoms. The minimum atomic E-state index is 0.229. The summed E-state index contributed by atoms with van der Waals surface area (Å²) in [5, 5.41) is 2.56. The first-order valence-corrected chi connectivity index (χ1v) is 6.87. The topological polar surface area (TPSA) is 35.9 Å². The second-order valence-electron chi connectivity index (χ2n) is 4.83. The fourth-order valence-electron chi connectivity index (χ4n) is 2.96. The van der Waals surface area contributed by atoms with Crippen molar-refractivity contribution in [1.82, 2.24) is 9.88 Å². The molecule has 2 bridgehead atoms. The van der Waals surface area contributed by atoms with Crippen LogP contribution in [0.1, 0.15) is 35.5 Å². The van der Waals surface area contributed by atoms with Gasteiger partial charge in [-0.05, 0) is 5.92 Å². The Bertz CT molecular complexity index is 368. The molecule has 1 radical (unpaired) electrons. The van der Waals surface area contributed by atoms with Crippen molar-refractivity contribution in [1.29, 1.82) is 0 Å². The molecule has 0 saturated carbocycles. The number of aromatic nitrogens is 1. The van der Waals surface area contributed by atoms with Crippen molar-refractivity contribution >= 4 is 17.1 Å². The molecule has 1 atom stereocenters. The molecule has 0 aromatic carbocycles. The molecule has 16 heavy (non-hydrogen) atoms. The molecule has 3 aliphatic rings. The average Bonchev–Trinajstić information content (AvgIpc) is 2.84. The summed E-state index contributed by atoms with van der Waals surface area (Å²) in [5.74, 6) is 1.10. The van der Waals surface area contributed by atoms with Crippen molar-refractivity contribution in [3.05, 3.63) is 16.6 Å². The van der Waals surface area contributed by atoms with Crippen LogP contribution in [0.3, 0.4) is 0 Å². The summed E-state index contributed by atoms with van der Waals surface area (Å²) in [5.41, 5.74) is 0. The van der Waals surface area contributed by atoms with Crippen molar-refractivity contribution in [3.63, 3.8) is 0 Å². The fraction of sp³-hybridized carbons (Fsp3) is 0.667. The lowest BCUT2D eigenvalue weighted by Crippen LogP contribution is -2.53. The van der Waals surface area contributed by atoms with Gasteiger partial charge in [0.2, 0.25) is 0 Å². The van der Waals surface area contributed by atoms with Crippen LogP contribution in [0.15, 0.2) is 11.6 Å². The Labute approximate surface area is 99.5 Å². The molecule has 1 unspecified atom stereocenters. The molecule has 0 aliphatic carbocycles. The Morgan fingerprint density at radius 1 is 1.50 bits per heavy atom. The molecule has 3 fully saturated rings. The smallest absolute Gasteiger partial charge is 0.197 e. The lowest BCUT2D eigenvalue weighted by atomic mass is 9.82. The molecule has 1 aromatic heterocycles. The van der Waals surface area contributed by atoms with Crippen LogP contribution in [0.5, 0.6) is 0 Å². The highest BCUT2D eigenvalue weighted by molar-refractivity contribution is 7.11. The average molecular weight is 236 g/mol. The van der Waals surface area contributed by atoms with Gasteiger partial charge >= 0.3 is 0 Å². The molecule has 4 heteroatoms. The quantitative estimate of drug-likeness (QED) is 0.594. The number of fused-ring (bicyclic) bond motifs is 3. The SMILES string of the molecule is O=C(CC1CC2CC[N+]1CC2)c1nccs1. The van der Waals surface area contributed by atoms with Gasteiger partial charge in [0.25, 0.3) is 0 Å². The predicted molar refractivity (Wildman–Crippen MR) is 64.1 cm³/mol. The van der Waals surface area contributed by atoms with E-state index in [-0.39, 0.29) is 5.78 Å². The van der Waals surface area contributed by atoms with E-state index >= 15 is 0 Å². The van der Waals surface area contributed by atoms with Crippen LogP contribution in [-0.4, -0.2) is 29.9 Å². The molecule has 4 rings (SSSR count). The molecule has 0 amide bonds. The number of nitrogens with zero attached hydrogens (tertiary/aromatic N) is 2. The zero-order valence-corrected chi connectivity index (χ0v) is 10.1. The zero-order valence-electron chi connectivity index (χ0n) is 9.26. The van der Waals surface area contributed by atoms with Gasteiger partial charge in [-0.25, -0.2) is 4.98 Å². The summed E-state index contributed by atoms with van der Waals surface area (Å²) >= 11 is 1.46. The summed E-state index contributed by atoms with van der Waals surface area (Å²) < 4.78 is 0. The van der Waals surface area contributed by atoms with Gasteiger partial charge in [0.1, 0.15) is 19.1 Å². The van der Waals surface area contributed by atoms with E-state index in [0.29, 0.717) is 17.5 Å². The van der Waals surface area contributed by atoms with E-state index in [9.17, 15) is 4.79 Å². The summed E-state index contributed by atoms with van der Waals surface area (Å²) in [6.45, 7) is 2.39. The van der Waals surface area contributed by atoms with Gasteiger partial charge in [-0.1, -0.05) is 0 Å². The second-order valence-corrected chi connectivity index (χ2v) is 5.73. The van der Waals surface area contributed by atoms with Gasteiger partial charge in [-0.3, -0.25) is 4.79 Å². The highest BCUT2D eigenvalue weighted by atomic mass is 32.1. The molecule has 1 aromatic rings. The van der Waals surface area contributed by atoms with Crippen LogP contribution in [0.2, 0.25) is 0 Å². The molecule has 3 aliphatic heterocycles. The molecule has 3 nitrogen and oxygen atoms in total. The molecule has 85 valence electrons. The van der Waals surface area contributed by atoms with Crippen LogP contribution in [0.25, 0.3) is 0 Å². The van der Waals surface area contributed by atoms with Crippen LogP contribution in [0.4, 0.5) is 0 Å². The summed E-state index contributed by atoms with van der Waals surface area (Å²) in [6, 6.07) is 0.490. The number of piperidine rings is 3. The number of hydrogen-bond acceptors (Lipinski definition) is 4. The molecule has 4 heterocycles. The summed E-state index contributed by atoms with van der Waals surface area (Å²) in [7, 11) is 0. The number of rotatable bonds is 3. The van der Waals surface area contributed by atoms with E-state index < -0.39 is 0 Å². The van der Waals surface area contributed by atoms with E-state index in [2.05, 4.69) is 9.88 Å². The van der Waals surface area contributed by atoms with Crippen LogP contribution >= 0.6 is 11.3 Å². The number of Topliss-reactive ketones (excluding diaryl/α,β-unsaturated/α-hetero) is 1. The van der Waals surface area contributed by atoms with E-state index in [1.165, 1.54) is 43.7 Å². The molecule has 3 saturated heterocycles. The Hall–Kier alpha value is -0.740. The van der Waals surface area contributed by atoms with E-state index in [0.717, 1.165) is 5.92 Å². The normalized spacial score (nSPS) is 32.9. The third-order valence-electron chi connectivity index (χ3n) is 3.86. The van der Waals surface area contributed by atoms with Gasteiger partial charge in [-0.2, -0.15) is 4.90 Å². The van der Waals surface area contributed by atoms with Crippen LogP contribution in [0, 0.1) is 5.92 Å². The number of thiazole rings is 1. The first-order valence-electron chi connectivity index (χ1n) is 5.99. The number of carbonyl (C=O) groups is 1.